The van der Waals surface area contributed by atoms with Crippen LogP contribution in [0.1, 0.15) is 5.69 Å². The van der Waals surface area contributed by atoms with E-state index in [1.165, 1.54) is 11.8 Å². The number of carbonyl (C=O) groups is 1. The minimum atomic E-state index is -0.122. The summed E-state index contributed by atoms with van der Waals surface area (Å²) in [5.74, 6) is 0.549. The second-order valence-corrected chi connectivity index (χ2v) is 6.95. The van der Waals surface area contributed by atoms with Gasteiger partial charge >= 0.3 is 0 Å². The van der Waals surface area contributed by atoms with Crippen LogP contribution < -0.4 is 9.64 Å². The van der Waals surface area contributed by atoms with Crippen LogP contribution in [0.2, 0.25) is 0 Å². The van der Waals surface area contributed by atoms with E-state index in [1.54, 1.807) is 24.3 Å². The molecule has 1 fully saturated rings. The van der Waals surface area contributed by atoms with Crippen LogP contribution in [-0.2, 0) is 4.79 Å². The number of benzene rings is 2. The van der Waals surface area contributed by atoms with Gasteiger partial charge in [0.1, 0.15) is 5.75 Å². The molecule has 0 spiro atoms. The number of aliphatic imine (C=N–C) groups is 1. The zero-order valence-corrected chi connectivity index (χ0v) is 16.0. The van der Waals surface area contributed by atoms with Crippen molar-refractivity contribution >= 4 is 40.3 Å². The van der Waals surface area contributed by atoms with E-state index in [1.807, 2.05) is 72.8 Å². The SMILES string of the molecule is COc1ccc(/C=C2\S/C(=N\c3ccccc3)N(c3ccccc3)C2=O)nc1. The predicted molar refractivity (Wildman–Crippen MR) is 114 cm³/mol. The Morgan fingerprint density at radius 3 is 2.36 bits per heavy atom. The molecule has 1 saturated heterocycles. The summed E-state index contributed by atoms with van der Waals surface area (Å²) in [5, 5.41) is 0.613. The maximum absolute atomic E-state index is 13.1. The number of hydrogen-bond acceptors (Lipinski definition) is 5. The van der Waals surface area contributed by atoms with Crippen molar-refractivity contribution in [2.45, 2.75) is 0 Å². The predicted octanol–water partition coefficient (Wildman–Crippen LogP) is 4.90. The highest BCUT2D eigenvalue weighted by molar-refractivity contribution is 8.19. The molecular weight excluding hydrogens is 370 g/mol. The Bertz CT molecular complexity index is 1030. The van der Waals surface area contributed by atoms with Crippen LogP contribution in [0.5, 0.6) is 5.75 Å². The van der Waals surface area contributed by atoms with Crippen molar-refractivity contribution < 1.29 is 9.53 Å². The highest BCUT2D eigenvalue weighted by Crippen LogP contribution is 2.37. The minimum Gasteiger partial charge on any atom is -0.495 e. The summed E-state index contributed by atoms with van der Waals surface area (Å²) in [6, 6.07) is 22.8. The molecule has 138 valence electrons. The number of nitrogens with zero attached hydrogens (tertiary/aromatic N) is 3. The van der Waals surface area contributed by atoms with E-state index in [-0.39, 0.29) is 5.91 Å². The first-order chi connectivity index (χ1) is 13.7. The topological polar surface area (TPSA) is 54.8 Å². The normalized spacial score (nSPS) is 16.8. The summed E-state index contributed by atoms with van der Waals surface area (Å²) in [6.45, 7) is 0. The highest BCUT2D eigenvalue weighted by Gasteiger charge is 2.34. The molecule has 28 heavy (non-hydrogen) atoms. The zero-order chi connectivity index (χ0) is 19.3. The van der Waals surface area contributed by atoms with Gasteiger partial charge in [0, 0.05) is 0 Å². The van der Waals surface area contributed by atoms with Gasteiger partial charge in [-0.2, -0.15) is 0 Å². The average molecular weight is 387 g/mol. The standard InChI is InChI=1S/C22H17N3O2S/c1-27-19-13-12-17(23-15-19)14-20-21(26)25(18-10-6-3-7-11-18)22(28-20)24-16-8-4-2-5-9-16/h2-15H,1H3/b20-14-,24-22-. The van der Waals surface area contributed by atoms with E-state index >= 15 is 0 Å². The summed E-state index contributed by atoms with van der Waals surface area (Å²) < 4.78 is 5.14. The maximum Gasteiger partial charge on any atom is 0.271 e. The molecule has 1 aliphatic heterocycles. The number of carbonyl (C=O) groups excluding carboxylic acids is 1. The zero-order valence-electron chi connectivity index (χ0n) is 15.1. The van der Waals surface area contributed by atoms with Crippen LogP contribution in [0.25, 0.3) is 6.08 Å². The molecule has 1 amide bonds. The van der Waals surface area contributed by atoms with E-state index in [2.05, 4.69) is 9.98 Å². The van der Waals surface area contributed by atoms with Gasteiger partial charge in [-0.1, -0.05) is 36.4 Å². The number of anilines is 1. The lowest BCUT2D eigenvalue weighted by Crippen LogP contribution is -2.28. The molecule has 0 saturated carbocycles. The molecule has 0 radical (unpaired) electrons. The number of hydrogen-bond donors (Lipinski definition) is 0. The Hall–Kier alpha value is -3.38. The van der Waals surface area contributed by atoms with Gasteiger partial charge in [-0.05, 0) is 54.2 Å². The van der Waals surface area contributed by atoms with Gasteiger partial charge in [-0.3, -0.25) is 14.7 Å². The molecule has 1 aliphatic rings. The minimum absolute atomic E-state index is 0.122. The Balaban J connectivity index is 1.73. The Kier molecular flexibility index (Phi) is 5.21. The summed E-state index contributed by atoms with van der Waals surface area (Å²) in [5.41, 5.74) is 2.26. The molecule has 5 nitrogen and oxygen atoms in total. The fraction of sp³-hybridized carbons (Fsp3) is 0.0455. The van der Waals surface area contributed by atoms with Crippen molar-refractivity contribution in [3.8, 4) is 5.75 Å². The first-order valence-corrected chi connectivity index (χ1v) is 9.49. The van der Waals surface area contributed by atoms with Crippen molar-refractivity contribution in [3.05, 3.63) is 89.6 Å². The number of aromatic nitrogens is 1. The Morgan fingerprint density at radius 2 is 1.71 bits per heavy atom. The number of para-hydroxylation sites is 2. The van der Waals surface area contributed by atoms with Gasteiger partial charge in [0.15, 0.2) is 5.17 Å². The third kappa shape index (κ3) is 3.82. The van der Waals surface area contributed by atoms with E-state index < -0.39 is 0 Å². The van der Waals surface area contributed by atoms with Crippen molar-refractivity contribution in [2.75, 3.05) is 12.0 Å². The molecule has 6 heteroatoms. The number of amidine groups is 1. The quantitative estimate of drug-likeness (QED) is 0.598. The third-order valence-corrected chi connectivity index (χ3v) is 5.04. The van der Waals surface area contributed by atoms with Gasteiger partial charge in [0.05, 0.1) is 35.3 Å². The summed E-state index contributed by atoms with van der Waals surface area (Å²) in [4.78, 5) is 24.4. The number of rotatable bonds is 4. The number of amides is 1. The molecule has 0 bridgehead atoms. The maximum atomic E-state index is 13.1. The molecule has 2 aromatic carbocycles. The number of ether oxygens (including phenoxy) is 1. The van der Waals surface area contributed by atoms with Crippen molar-refractivity contribution in [2.24, 2.45) is 4.99 Å². The lowest BCUT2D eigenvalue weighted by Gasteiger charge is -2.15. The molecule has 0 unspecified atom stereocenters. The van der Waals surface area contributed by atoms with Gasteiger partial charge in [-0.15, -0.1) is 0 Å². The van der Waals surface area contributed by atoms with Gasteiger partial charge in [0.2, 0.25) is 0 Å². The molecule has 0 aliphatic carbocycles. The Labute approximate surface area is 167 Å². The lowest BCUT2D eigenvalue weighted by molar-refractivity contribution is -0.113. The summed E-state index contributed by atoms with van der Waals surface area (Å²) in [6.07, 6.45) is 3.40. The third-order valence-electron chi connectivity index (χ3n) is 4.08. The van der Waals surface area contributed by atoms with E-state index in [9.17, 15) is 4.79 Å². The lowest BCUT2D eigenvalue weighted by atomic mass is 10.2. The molecule has 0 N–H and O–H groups in total. The van der Waals surface area contributed by atoms with Crippen LogP contribution in [0.3, 0.4) is 0 Å². The van der Waals surface area contributed by atoms with Crippen LogP contribution in [0, 0.1) is 0 Å². The second kappa shape index (κ2) is 8.10. The molecule has 4 rings (SSSR count). The van der Waals surface area contributed by atoms with Gasteiger partial charge in [0.25, 0.3) is 5.91 Å². The molecule has 1 aromatic heterocycles. The second-order valence-electron chi connectivity index (χ2n) is 5.94. The van der Waals surface area contributed by atoms with Crippen molar-refractivity contribution in [3.63, 3.8) is 0 Å². The molecule has 2 heterocycles. The molecule has 3 aromatic rings. The number of pyridine rings is 1. The number of thioether (sulfide) groups is 1. The van der Waals surface area contributed by atoms with Gasteiger partial charge in [-0.25, -0.2) is 4.99 Å². The first kappa shape index (κ1) is 18.0. The van der Waals surface area contributed by atoms with Crippen LogP contribution >= 0.6 is 11.8 Å². The molecule has 0 atom stereocenters. The van der Waals surface area contributed by atoms with E-state index in [0.717, 1.165) is 11.4 Å². The number of methoxy groups -OCH3 is 1. The average Bonchev–Trinajstić information content (AvgIpc) is 3.04. The first-order valence-electron chi connectivity index (χ1n) is 8.67. The van der Waals surface area contributed by atoms with Gasteiger partial charge < -0.3 is 4.74 Å². The van der Waals surface area contributed by atoms with Crippen molar-refractivity contribution in [1.82, 2.24) is 4.98 Å². The largest absolute Gasteiger partial charge is 0.495 e. The van der Waals surface area contributed by atoms with Crippen LogP contribution in [0.15, 0.2) is 88.9 Å². The van der Waals surface area contributed by atoms with E-state index in [0.29, 0.717) is 21.5 Å². The van der Waals surface area contributed by atoms with Crippen LogP contribution in [-0.4, -0.2) is 23.2 Å². The summed E-state index contributed by atoms with van der Waals surface area (Å²) in [7, 11) is 1.59. The Morgan fingerprint density at radius 1 is 1.00 bits per heavy atom. The fourth-order valence-corrected chi connectivity index (χ4v) is 3.68. The fourth-order valence-electron chi connectivity index (χ4n) is 2.70. The highest BCUT2D eigenvalue weighted by atomic mass is 32.2. The molecular formula is C22H17N3O2S. The summed E-state index contributed by atoms with van der Waals surface area (Å²) >= 11 is 1.34. The monoisotopic (exact) mass is 387 g/mol. The van der Waals surface area contributed by atoms with Crippen LogP contribution in [0.4, 0.5) is 11.4 Å². The van der Waals surface area contributed by atoms with Crippen molar-refractivity contribution in [1.29, 1.82) is 0 Å². The smallest absolute Gasteiger partial charge is 0.271 e. The van der Waals surface area contributed by atoms with E-state index in [4.69, 9.17) is 4.74 Å².